The molecule has 0 saturated carbocycles. The molecule has 39 heavy (non-hydrogen) atoms. The normalized spacial score (nSPS) is 13.5. The molecule has 0 aliphatic rings. The minimum absolute atomic E-state index is 0.0252. The van der Waals surface area contributed by atoms with Gasteiger partial charge in [0.05, 0.1) is 30.9 Å². The highest BCUT2D eigenvalue weighted by Crippen LogP contribution is 2.34. The number of methoxy groups -OCH3 is 1. The molecule has 9 nitrogen and oxygen atoms in total. The molecule has 2 heterocycles. The number of aliphatic hydroxyl groups is 2. The number of hydrogen-bond donors (Lipinski definition) is 2. The van der Waals surface area contributed by atoms with Crippen LogP contribution in [0.2, 0.25) is 10.0 Å². The second-order valence-corrected chi connectivity index (χ2v) is 9.36. The largest absolute Gasteiger partial charge is 0.493 e. The standard InChI is InChI=1S/C24H21Cl2F4N5O4/c1-12(36)22-31-20(32-35(22)17-8-15(27)7-16(26)21(17)39-2)11-33-9-18(13-3-5-14(25)6-4-13)34(23(33)38)10-19(37)24(28,29)30/h3-9,12,19,36-37H,10-11H2,1-2H3/t12-,19-/m0/s1. The second kappa shape index (κ2) is 11.0. The van der Waals surface area contributed by atoms with Crippen molar-refractivity contribution in [2.75, 3.05) is 7.11 Å². The van der Waals surface area contributed by atoms with Crippen LogP contribution in [0.3, 0.4) is 0 Å². The third kappa shape index (κ3) is 5.96. The molecule has 0 saturated heterocycles. The van der Waals surface area contributed by atoms with Crippen LogP contribution in [0.1, 0.15) is 24.7 Å². The lowest BCUT2D eigenvalue weighted by molar-refractivity contribution is -0.207. The van der Waals surface area contributed by atoms with Crippen molar-refractivity contribution in [1.82, 2.24) is 23.9 Å². The van der Waals surface area contributed by atoms with Gasteiger partial charge in [-0.2, -0.15) is 13.2 Å². The van der Waals surface area contributed by atoms with E-state index < -0.39 is 36.4 Å². The van der Waals surface area contributed by atoms with Gasteiger partial charge in [0, 0.05) is 17.3 Å². The fraction of sp³-hybridized carbons (Fsp3) is 0.292. The maximum Gasteiger partial charge on any atom is 0.416 e. The van der Waals surface area contributed by atoms with Crippen LogP contribution in [0, 0.1) is 5.82 Å². The number of aromatic nitrogens is 5. The molecular weight excluding hydrogens is 569 g/mol. The molecular formula is C24H21Cl2F4N5O4. The Hall–Kier alpha value is -3.39. The summed E-state index contributed by atoms with van der Waals surface area (Å²) >= 11 is 12.0. The maximum absolute atomic E-state index is 14.2. The number of alkyl halides is 3. The molecule has 2 aromatic carbocycles. The minimum Gasteiger partial charge on any atom is -0.493 e. The van der Waals surface area contributed by atoms with E-state index >= 15 is 0 Å². The first-order valence-corrected chi connectivity index (χ1v) is 12.0. The summed E-state index contributed by atoms with van der Waals surface area (Å²) in [5.41, 5.74) is -0.414. The summed E-state index contributed by atoms with van der Waals surface area (Å²) in [6, 6.07) is 8.11. The van der Waals surface area contributed by atoms with Crippen LogP contribution in [0.4, 0.5) is 17.6 Å². The van der Waals surface area contributed by atoms with Gasteiger partial charge in [0.2, 0.25) is 0 Å². The Balaban J connectivity index is 1.81. The van der Waals surface area contributed by atoms with Gasteiger partial charge >= 0.3 is 11.9 Å². The summed E-state index contributed by atoms with van der Waals surface area (Å²) in [5.74, 6) is -0.742. The van der Waals surface area contributed by atoms with E-state index in [-0.39, 0.29) is 40.3 Å². The van der Waals surface area contributed by atoms with E-state index in [0.29, 0.717) is 10.6 Å². The van der Waals surface area contributed by atoms with Gasteiger partial charge in [-0.3, -0.25) is 9.13 Å². The third-order valence-corrected chi connectivity index (χ3v) is 6.23. The Kier molecular flexibility index (Phi) is 8.07. The molecule has 0 unspecified atom stereocenters. The van der Waals surface area contributed by atoms with E-state index in [1.165, 1.54) is 44.5 Å². The SMILES string of the molecule is COc1c(Cl)cc(F)cc1-n1nc(Cn2cc(-c3ccc(Cl)cc3)n(C[C@H](O)C(F)(F)F)c2=O)nc1[C@H](C)O. The van der Waals surface area contributed by atoms with Gasteiger partial charge in [0.25, 0.3) is 0 Å². The Labute approximate surface area is 228 Å². The number of rotatable bonds is 8. The molecule has 4 aromatic rings. The van der Waals surface area contributed by atoms with Crippen LogP contribution in [-0.4, -0.2) is 53.5 Å². The molecule has 0 aliphatic carbocycles. The van der Waals surface area contributed by atoms with Crippen molar-refractivity contribution >= 4 is 23.2 Å². The Morgan fingerprint density at radius 2 is 1.79 bits per heavy atom. The lowest BCUT2D eigenvalue weighted by atomic mass is 10.1. The molecule has 15 heteroatoms. The maximum atomic E-state index is 14.2. The van der Waals surface area contributed by atoms with Crippen molar-refractivity contribution in [3.63, 3.8) is 0 Å². The van der Waals surface area contributed by atoms with Gasteiger partial charge in [0.15, 0.2) is 23.5 Å². The highest BCUT2D eigenvalue weighted by atomic mass is 35.5. The number of imidazole rings is 1. The molecule has 2 N–H and O–H groups in total. The Morgan fingerprint density at radius 1 is 1.13 bits per heavy atom. The van der Waals surface area contributed by atoms with Gasteiger partial charge in [-0.25, -0.2) is 18.9 Å². The number of halogens is 6. The fourth-order valence-corrected chi connectivity index (χ4v) is 4.29. The summed E-state index contributed by atoms with van der Waals surface area (Å²) in [6.07, 6.45) is -7.68. The molecule has 4 rings (SSSR count). The van der Waals surface area contributed by atoms with E-state index in [1.54, 1.807) is 0 Å². The number of hydrogen-bond acceptors (Lipinski definition) is 6. The molecule has 0 spiro atoms. The van der Waals surface area contributed by atoms with E-state index in [0.717, 1.165) is 25.9 Å². The first-order chi connectivity index (χ1) is 18.3. The monoisotopic (exact) mass is 589 g/mol. The Morgan fingerprint density at radius 3 is 2.38 bits per heavy atom. The highest BCUT2D eigenvalue weighted by molar-refractivity contribution is 6.32. The van der Waals surface area contributed by atoms with Crippen molar-refractivity contribution in [2.24, 2.45) is 0 Å². The van der Waals surface area contributed by atoms with Crippen LogP contribution < -0.4 is 10.4 Å². The average Bonchev–Trinajstić information content (AvgIpc) is 3.41. The average molecular weight is 590 g/mol. The molecule has 0 fully saturated rings. The zero-order chi connectivity index (χ0) is 28.6. The zero-order valence-corrected chi connectivity index (χ0v) is 21.8. The van der Waals surface area contributed by atoms with E-state index in [2.05, 4.69) is 10.1 Å². The van der Waals surface area contributed by atoms with Crippen LogP contribution in [0.15, 0.2) is 47.4 Å². The lowest BCUT2D eigenvalue weighted by Crippen LogP contribution is -2.37. The molecule has 208 valence electrons. The number of ether oxygens (including phenoxy) is 1. The van der Waals surface area contributed by atoms with Gasteiger partial charge < -0.3 is 14.9 Å². The quantitative estimate of drug-likeness (QED) is 0.295. The molecule has 0 bridgehead atoms. The van der Waals surface area contributed by atoms with Crippen LogP contribution in [-0.2, 0) is 13.1 Å². The molecule has 0 amide bonds. The smallest absolute Gasteiger partial charge is 0.416 e. The molecule has 0 radical (unpaired) electrons. The van der Waals surface area contributed by atoms with Crippen molar-refractivity contribution in [2.45, 2.75) is 38.4 Å². The van der Waals surface area contributed by atoms with E-state index in [1.807, 2.05) is 0 Å². The van der Waals surface area contributed by atoms with E-state index in [9.17, 15) is 32.6 Å². The van der Waals surface area contributed by atoms with Gasteiger partial charge in [-0.1, -0.05) is 35.3 Å². The summed E-state index contributed by atoms with van der Waals surface area (Å²) < 4.78 is 61.7. The van der Waals surface area contributed by atoms with Crippen molar-refractivity contribution in [1.29, 1.82) is 0 Å². The number of benzene rings is 2. The second-order valence-electron chi connectivity index (χ2n) is 8.51. The van der Waals surface area contributed by atoms with Crippen LogP contribution in [0.25, 0.3) is 16.9 Å². The fourth-order valence-electron chi connectivity index (χ4n) is 3.89. The Bertz CT molecular complexity index is 1550. The summed E-state index contributed by atoms with van der Waals surface area (Å²) in [6.45, 7) is -0.0167. The number of aliphatic hydroxyl groups excluding tert-OH is 2. The minimum atomic E-state index is -4.96. The van der Waals surface area contributed by atoms with E-state index in [4.69, 9.17) is 27.9 Å². The predicted molar refractivity (Wildman–Crippen MR) is 134 cm³/mol. The predicted octanol–water partition coefficient (Wildman–Crippen LogP) is 4.38. The lowest BCUT2D eigenvalue weighted by Gasteiger charge is -2.16. The molecule has 2 aromatic heterocycles. The molecule has 0 aliphatic heterocycles. The van der Waals surface area contributed by atoms with Crippen LogP contribution >= 0.6 is 23.2 Å². The highest BCUT2D eigenvalue weighted by Gasteiger charge is 2.39. The third-order valence-electron chi connectivity index (χ3n) is 5.70. The van der Waals surface area contributed by atoms with Gasteiger partial charge in [0.1, 0.15) is 17.6 Å². The van der Waals surface area contributed by atoms with Crippen molar-refractivity contribution in [3.8, 4) is 22.7 Å². The van der Waals surface area contributed by atoms with Crippen LogP contribution in [0.5, 0.6) is 5.75 Å². The first-order valence-electron chi connectivity index (χ1n) is 11.3. The number of nitrogens with zero attached hydrogens (tertiary/aromatic N) is 5. The van der Waals surface area contributed by atoms with Gasteiger partial charge in [-0.15, -0.1) is 5.10 Å². The topological polar surface area (TPSA) is 107 Å². The van der Waals surface area contributed by atoms with Gasteiger partial charge in [-0.05, 0) is 30.7 Å². The van der Waals surface area contributed by atoms with Crippen molar-refractivity contribution in [3.05, 3.63) is 80.6 Å². The van der Waals surface area contributed by atoms with Crippen molar-refractivity contribution < 1.29 is 32.5 Å². The zero-order valence-electron chi connectivity index (χ0n) is 20.3. The summed E-state index contributed by atoms with van der Waals surface area (Å²) in [7, 11) is 1.30. The summed E-state index contributed by atoms with van der Waals surface area (Å²) in [4.78, 5) is 17.5. The first kappa shape index (κ1) is 28.6. The summed E-state index contributed by atoms with van der Waals surface area (Å²) in [5, 5.41) is 24.5. The molecule has 2 atom stereocenters.